The van der Waals surface area contributed by atoms with Gasteiger partial charge in [-0.3, -0.25) is 9.69 Å². The first-order valence-corrected chi connectivity index (χ1v) is 10.8. The number of hydrogen-bond donors (Lipinski definition) is 0. The van der Waals surface area contributed by atoms with E-state index in [1.165, 1.54) is 9.56 Å². The minimum atomic E-state index is -0.219. The standard InChI is InChI=1S/C22H26N4O2S/c1-17(2)28-21-20(15-23-26(22(21)27)18-7-4-3-5-8-18)25-12-10-24(11-13-25)16-19-9-6-14-29-19/h3-9,14-15,17H,10-13,16H2,1-2H3. The molecule has 0 atom stereocenters. The van der Waals surface area contributed by atoms with E-state index >= 15 is 0 Å². The van der Waals surface area contributed by atoms with E-state index in [0.717, 1.165) is 44.1 Å². The Labute approximate surface area is 175 Å². The molecule has 0 radical (unpaired) electrons. The van der Waals surface area contributed by atoms with Gasteiger partial charge in [0, 0.05) is 37.6 Å². The molecule has 1 aliphatic rings. The molecule has 6 nitrogen and oxygen atoms in total. The Morgan fingerprint density at radius 3 is 2.48 bits per heavy atom. The molecule has 29 heavy (non-hydrogen) atoms. The molecule has 0 spiro atoms. The minimum absolute atomic E-state index is 0.0896. The highest BCUT2D eigenvalue weighted by atomic mass is 32.1. The third kappa shape index (κ3) is 4.52. The van der Waals surface area contributed by atoms with Crippen LogP contribution in [0.1, 0.15) is 18.7 Å². The lowest BCUT2D eigenvalue weighted by molar-refractivity contribution is 0.232. The predicted molar refractivity (Wildman–Crippen MR) is 117 cm³/mol. The lowest BCUT2D eigenvalue weighted by atomic mass is 10.2. The van der Waals surface area contributed by atoms with Crippen LogP contribution in [0.25, 0.3) is 5.69 Å². The van der Waals surface area contributed by atoms with Crippen molar-refractivity contribution in [3.63, 3.8) is 0 Å². The Hall–Kier alpha value is -2.64. The molecule has 0 N–H and O–H groups in total. The number of piperazine rings is 1. The monoisotopic (exact) mass is 410 g/mol. The Morgan fingerprint density at radius 1 is 1.07 bits per heavy atom. The summed E-state index contributed by atoms with van der Waals surface area (Å²) in [6.07, 6.45) is 1.68. The molecule has 1 saturated heterocycles. The molecule has 2 aromatic heterocycles. The summed E-state index contributed by atoms with van der Waals surface area (Å²) in [6.45, 7) is 8.44. The van der Waals surface area contributed by atoms with Crippen molar-refractivity contribution >= 4 is 17.0 Å². The fourth-order valence-corrected chi connectivity index (χ4v) is 4.27. The second-order valence-electron chi connectivity index (χ2n) is 7.42. The van der Waals surface area contributed by atoms with Crippen LogP contribution < -0.4 is 15.2 Å². The fourth-order valence-electron chi connectivity index (χ4n) is 3.52. The zero-order valence-electron chi connectivity index (χ0n) is 16.8. The van der Waals surface area contributed by atoms with Gasteiger partial charge in [-0.2, -0.15) is 9.78 Å². The quantitative estimate of drug-likeness (QED) is 0.623. The van der Waals surface area contributed by atoms with Crippen LogP contribution >= 0.6 is 11.3 Å². The van der Waals surface area contributed by atoms with Crippen molar-refractivity contribution in [3.05, 3.63) is 69.3 Å². The first-order chi connectivity index (χ1) is 14.1. The molecule has 3 heterocycles. The van der Waals surface area contributed by atoms with Gasteiger partial charge in [0.05, 0.1) is 18.0 Å². The Balaban J connectivity index is 1.57. The molecule has 152 valence electrons. The largest absolute Gasteiger partial charge is 0.483 e. The molecule has 0 bridgehead atoms. The van der Waals surface area contributed by atoms with Crippen molar-refractivity contribution in [2.45, 2.75) is 26.5 Å². The summed E-state index contributed by atoms with van der Waals surface area (Å²) in [6, 6.07) is 13.7. The Kier molecular flexibility index (Phi) is 5.97. The minimum Gasteiger partial charge on any atom is -0.483 e. The van der Waals surface area contributed by atoms with Crippen LogP contribution in [-0.4, -0.2) is 47.0 Å². The number of ether oxygens (including phenoxy) is 1. The van der Waals surface area contributed by atoms with Crippen molar-refractivity contribution in [2.75, 3.05) is 31.1 Å². The molecule has 1 fully saturated rings. The van der Waals surface area contributed by atoms with E-state index in [1.54, 1.807) is 17.5 Å². The zero-order chi connectivity index (χ0) is 20.2. The Bertz CT molecular complexity index is 978. The van der Waals surface area contributed by atoms with E-state index in [1.807, 2.05) is 44.2 Å². The third-order valence-corrected chi connectivity index (χ3v) is 5.80. The second-order valence-corrected chi connectivity index (χ2v) is 8.45. The second kappa shape index (κ2) is 8.80. The van der Waals surface area contributed by atoms with Gasteiger partial charge >= 0.3 is 5.56 Å². The molecule has 3 aromatic rings. The number of nitrogens with zero attached hydrogens (tertiary/aromatic N) is 4. The molecule has 1 aliphatic heterocycles. The van der Waals surface area contributed by atoms with Crippen molar-refractivity contribution < 1.29 is 4.74 Å². The molecule has 4 rings (SSSR count). The number of aromatic nitrogens is 2. The predicted octanol–water partition coefficient (Wildman–Crippen LogP) is 3.40. The van der Waals surface area contributed by atoms with Gasteiger partial charge in [0.2, 0.25) is 5.75 Å². The SMILES string of the molecule is CC(C)Oc1c(N2CCN(Cc3cccs3)CC2)cnn(-c2ccccc2)c1=O. The van der Waals surface area contributed by atoms with Crippen LogP contribution in [0.2, 0.25) is 0 Å². The van der Waals surface area contributed by atoms with E-state index in [9.17, 15) is 4.79 Å². The maximum atomic E-state index is 13.2. The molecule has 0 amide bonds. The average Bonchev–Trinajstić information content (AvgIpc) is 3.24. The lowest BCUT2D eigenvalue weighted by Gasteiger charge is -2.36. The highest BCUT2D eigenvalue weighted by Gasteiger charge is 2.24. The molecular formula is C22H26N4O2S. The number of hydrogen-bond acceptors (Lipinski definition) is 6. The highest BCUT2D eigenvalue weighted by molar-refractivity contribution is 7.09. The smallest absolute Gasteiger partial charge is 0.316 e. The first-order valence-electron chi connectivity index (χ1n) is 9.96. The van der Waals surface area contributed by atoms with Gasteiger partial charge in [0.25, 0.3) is 0 Å². The molecule has 0 unspecified atom stereocenters. The first kappa shape index (κ1) is 19.7. The van der Waals surface area contributed by atoms with Gasteiger partial charge < -0.3 is 9.64 Å². The summed E-state index contributed by atoms with van der Waals surface area (Å²) >= 11 is 1.80. The van der Waals surface area contributed by atoms with Crippen molar-refractivity contribution in [3.8, 4) is 11.4 Å². The normalized spacial score (nSPS) is 15.1. The van der Waals surface area contributed by atoms with Gasteiger partial charge in [0.15, 0.2) is 0 Å². The van der Waals surface area contributed by atoms with Gasteiger partial charge in [-0.1, -0.05) is 24.3 Å². The van der Waals surface area contributed by atoms with Gasteiger partial charge in [-0.25, -0.2) is 0 Å². The van der Waals surface area contributed by atoms with Crippen LogP contribution in [0, 0.1) is 0 Å². The van der Waals surface area contributed by atoms with Gasteiger partial charge in [-0.15, -0.1) is 11.3 Å². The van der Waals surface area contributed by atoms with Crippen molar-refractivity contribution in [1.29, 1.82) is 0 Å². The van der Waals surface area contributed by atoms with E-state index in [-0.39, 0.29) is 11.7 Å². The van der Waals surface area contributed by atoms with E-state index < -0.39 is 0 Å². The van der Waals surface area contributed by atoms with Crippen molar-refractivity contribution in [2.24, 2.45) is 0 Å². The molecular weight excluding hydrogens is 384 g/mol. The summed E-state index contributed by atoms with van der Waals surface area (Å²) in [4.78, 5) is 19.2. The van der Waals surface area contributed by atoms with E-state index in [4.69, 9.17) is 4.74 Å². The van der Waals surface area contributed by atoms with Gasteiger partial charge in [0.1, 0.15) is 5.69 Å². The van der Waals surface area contributed by atoms with Crippen LogP contribution in [0.15, 0.2) is 58.8 Å². The number of thiophene rings is 1. The summed E-state index contributed by atoms with van der Waals surface area (Å²) in [5, 5.41) is 6.56. The number of rotatable bonds is 6. The Morgan fingerprint density at radius 2 is 1.83 bits per heavy atom. The summed E-state index contributed by atoms with van der Waals surface area (Å²) in [5.41, 5.74) is 1.30. The highest BCUT2D eigenvalue weighted by Crippen LogP contribution is 2.26. The maximum Gasteiger partial charge on any atom is 0.316 e. The summed E-state index contributed by atoms with van der Waals surface area (Å²) in [5.74, 6) is 0.380. The van der Waals surface area contributed by atoms with Gasteiger partial charge in [-0.05, 0) is 37.4 Å². The third-order valence-electron chi connectivity index (χ3n) is 4.94. The fraction of sp³-hybridized carbons (Fsp3) is 0.364. The molecule has 0 saturated carbocycles. The summed E-state index contributed by atoms with van der Waals surface area (Å²) in [7, 11) is 0. The molecule has 7 heteroatoms. The number of benzene rings is 1. The molecule has 1 aromatic carbocycles. The van der Waals surface area contributed by atoms with Crippen LogP contribution in [0.4, 0.5) is 5.69 Å². The van der Waals surface area contributed by atoms with Crippen molar-refractivity contribution in [1.82, 2.24) is 14.7 Å². The van der Waals surface area contributed by atoms with Crippen LogP contribution in [-0.2, 0) is 6.54 Å². The average molecular weight is 411 g/mol. The number of para-hydroxylation sites is 1. The van der Waals surface area contributed by atoms with E-state index in [2.05, 4.69) is 32.4 Å². The van der Waals surface area contributed by atoms with E-state index in [0.29, 0.717) is 5.75 Å². The molecule has 0 aliphatic carbocycles. The summed E-state index contributed by atoms with van der Waals surface area (Å²) < 4.78 is 7.39. The number of anilines is 1. The topological polar surface area (TPSA) is 50.6 Å². The van der Waals surface area contributed by atoms with Crippen LogP contribution in [0.3, 0.4) is 0 Å². The van der Waals surface area contributed by atoms with Crippen LogP contribution in [0.5, 0.6) is 5.75 Å². The zero-order valence-corrected chi connectivity index (χ0v) is 17.6. The lowest BCUT2D eigenvalue weighted by Crippen LogP contribution is -2.46. The maximum absolute atomic E-state index is 13.2.